The van der Waals surface area contributed by atoms with Crippen LogP contribution in [0.1, 0.15) is 11.4 Å². The van der Waals surface area contributed by atoms with Crippen LogP contribution in [-0.4, -0.2) is 24.1 Å². The normalized spacial score (nSPS) is 10.5. The predicted octanol–water partition coefficient (Wildman–Crippen LogP) is 2.99. The van der Waals surface area contributed by atoms with Gasteiger partial charge < -0.3 is 15.4 Å². The van der Waals surface area contributed by atoms with E-state index in [1.807, 2.05) is 0 Å². The molecule has 0 radical (unpaired) electrons. The second kappa shape index (κ2) is 6.45. The molecule has 0 spiro atoms. The molecule has 0 atom stereocenters. The molecule has 0 saturated carbocycles. The van der Waals surface area contributed by atoms with Gasteiger partial charge in [-0.3, -0.25) is 0 Å². The Morgan fingerprint density at radius 1 is 1.10 bits per heavy atom. The van der Waals surface area contributed by atoms with Crippen molar-refractivity contribution in [3.63, 3.8) is 0 Å². The van der Waals surface area contributed by atoms with Crippen molar-refractivity contribution in [2.45, 2.75) is 13.5 Å². The van der Waals surface area contributed by atoms with Gasteiger partial charge >= 0.3 is 0 Å². The van der Waals surface area contributed by atoms with E-state index in [4.69, 9.17) is 4.74 Å². The molecular weight excluding hydrogens is 278 g/mol. The zero-order valence-corrected chi connectivity index (χ0v) is 12.0. The van der Waals surface area contributed by atoms with Crippen LogP contribution in [0, 0.1) is 18.6 Å². The maximum absolute atomic E-state index is 13.8. The number of rotatable bonds is 5. The first-order valence-corrected chi connectivity index (χ1v) is 6.30. The lowest BCUT2D eigenvalue weighted by Crippen LogP contribution is -2.05. The van der Waals surface area contributed by atoms with E-state index in [9.17, 15) is 8.78 Å². The Balaban J connectivity index is 2.34. The highest BCUT2D eigenvalue weighted by molar-refractivity contribution is 5.60. The van der Waals surface area contributed by atoms with Crippen molar-refractivity contribution in [3.8, 4) is 0 Å². The summed E-state index contributed by atoms with van der Waals surface area (Å²) >= 11 is 0. The molecular formula is C14H16F2N4O. The molecule has 0 aliphatic heterocycles. The first-order valence-electron chi connectivity index (χ1n) is 6.30. The number of nitrogens with zero attached hydrogens (tertiary/aromatic N) is 2. The third-order valence-corrected chi connectivity index (χ3v) is 2.81. The summed E-state index contributed by atoms with van der Waals surface area (Å²) in [7, 11) is 3.23. The molecule has 0 fully saturated rings. The number of halogens is 2. The molecule has 2 rings (SSSR count). The second-order valence-corrected chi connectivity index (χ2v) is 4.44. The standard InChI is InChI=1S/C14H16F2N4O/c1-8-4-10(16)11(5-9(8)15)18-13-6-12(17-2)19-14(20-13)7-21-3/h4-6H,7H2,1-3H3,(H2,17,18,19,20). The SMILES string of the molecule is CNc1cc(Nc2cc(F)c(C)cc2F)nc(COC)n1. The largest absolute Gasteiger partial charge is 0.377 e. The average molecular weight is 294 g/mol. The Bertz CT molecular complexity index is 649. The summed E-state index contributed by atoms with van der Waals surface area (Å²) in [6.45, 7) is 1.72. The number of nitrogens with one attached hydrogen (secondary N) is 2. The van der Waals surface area contributed by atoms with Gasteiger partial charge in [-0.15, -0.1) is 0 Å². The molecule has 0 saturated heterocycles. The smallest absolute Gasteiger partial charge is 0.158 e. The van der Waals surface area contributed by atoms with Gasteiger partial charge in [-0.1, -0.05) is 0 Å². The van der Waals surface area contributed by atoms with Gasteiger partial charge in [-0.25, -0.2) is 18.7 Å². The van der Waals surface area contributed by atoms with Crippen molar-refractivity contribution < 1.29 is 13.5 Å². The van der Waals surface area contributed by atoms with Gasteiger partial charge in [0.1, 0.15) is 29.9 Å². The molecule has 7 heteroatoms. The molecule has 0 unspecified atom stereocenters. The fourth-order valence-corrected chi connectivity index (χ4v) is 1.76. The molecule has 2 aromatic rings. The van der Waals surface area contributed by atoms with Crippen molar-refractivity contribution >= 4 is 17.3 Å². The van der Waals surface area contributed by atoms with Gasteiger partial charge in [-0.2, -0.15) is 0 Å². The number of aryl methyl sites for hydroxylation is 1. The summed E-state index contributed by atoms with van der Waals surface area (Å²) < 4.78 is 32.3. The third-order valence-electron chi connectivity index (χ3n) is 2.81. The Kier molecular flexibility index (Phi) is 4.64. The molecule has 5 nitrogen and oxygen atoms in total. The maximum Gasteiger partial charge on any atom is 0.158 e. The minimum atomic E-state index is -0.549. The molecule has 21 heavy (non-hydrogen) atoms. The number of hydrogen-bond acceptors (Lipinski definition) is 5. The zero-order valence-electron chi connectivity index (χ0n) is 12.0. The number of methoxy groups -OCH3 is 1. The molecule has 1 aromatic heterocycles. The molecule has 112 valence electrons. The molecule has 1 aromatic carbocycles. The molecule has 0 aliphatic rings. The van der Waals surface area contributed by atoms with Crippen LogP contribution < -0.4 is 10.6 Å². The van der Waals surface area contributed by atoms with E-state index < -0.39 is 11.6 Å². The van der Waals surface area contributed by atoms with Crippen LogP contribution in [0.5, 0.6) is 0 Å². The fourth-order valence-electron chi connectivity index (χ4n) is 1.76. The number of ether oxygens (including phenoxy) is 1. The van der Waals surface area contributed by atoms with Crippen LogP contribution in [0.3, 0.4) is 0 Å². The van der Waals surface area contributed by atoms with Crippen LogP contribution in [0.4, 0.5) is 26.1 Å². The highest BCUT2D eigenvalue weighted by atomic mass is 19.1. The van der Waals surface area contributed by atoms with E-state index in [0.29, 0.717) is 17.5 Å². The third kappa shape index (κ3) is 3.63. The zero-order chi connectivity index (χ0) is 15.4. The molecule has 2 N–H and O–H groups in total. The van der Waals surface area contributed by atoms with Crippen molar-refractivity contribution in [3.05, 3.63) is 41.2 Å². The van der Waals surface area contributed by atoms with Crippen LogP contribution >= 0.6 is 0 Å². The number of aromatic nitrogens is 2. The number of anilines is 3. The van der Waals surface area contributed by atoms with Crippen molar-refractivity contribution in [2.75, 3.05) is 24.8 Å². The number of hydrogen-bond donors (Lipinski definition) is 2. The van der Waals surface area contributed by atoms with E-state index in [-0.39, 0.29) is 17.9 Å². The summed E-state index contributed by atoms with van der Waals surface area (Å²) in [4.78, 5) is 8.37. The van der Waals surface area contributed by atoms with Crippen molar-refractivity contribution in [1.82, 2.24) is 9.97 Å². The van der Waals surface area contributed by atoms with E-state index in [0.717, 1.165) is 12.1 Å². The first kappa shape index (κ1) is 15.1. The van der Waals surface area contributed by atoms with Gasteiger partial charge in [0.05, 0.1) is 5.69 Å². The summed E-state index contributed by atoms with van der Waals surface area (Å²) in [5.74, 6) is 0.293. The van der Waals surface area contributed by atoms with Crippen molar-refractivity contribution in [2.24, 2.45) is 0 Å². The minimum Gasteiger partial charge on any atom is -0.377 e. The van der Waals surface area contributed by atoms with Gasteiger partial charge in [0, 0.05) is 26.3 Å². The first-order chi connectivity index (χ1) is 10.0. The van der Waals surface area contributed by atoms with Gasteiger partial charge in [0.2, 0.25) is 0 Å². The highest BCUT2D eigenvalue weighted by Crippen LogP contribution is 2.23. The lowest BCUT2D eigenvalue weighted by molar-refractivity contribution is 0.178. The summed E-state index contributed by atoms with van der Waals surface area (Å²) in [6, 6.07) is 3.83. The summed E-state index contributed by atoms with van der Waals surface area (Å²) in [6.07, 6.45) is 0. The van der Waals surface area contributed by atoms with Gasteiger partial charge in [-0.05, 0) is 18.6 Å². The molecule has 0 aliphatic carbocycles. The van der Waals surface area contributed by atoms with E-state index in [1.54, 1.807) is 13.1 Å². The van der Waals surface area contributed by atoms with E-state index >= 15 is 0 Å². The minimum absolute atomic E-state index is 0.0159. The second-order valence-electron chi connectivity index (χ2n) is 4.44. The molecule has 0 amide bonds. The Labute approximate surface area is 121 Å². The van der Waals surface area contributed by atoms with Crippen LogP contribution in [0.25, 0.3) is 0 Å². The lowest BCUT2D eigenvalue weighted by Gasteiger charge is -2.11. The highest BCUT2D eigenvalue weighted by Gasteiger charge is 2.10. The Hall–Kier alpha value is -2.28. The fraction of sp³-hybridized carbons (Fsp3) is 0.286. The van der Waals surface area contributed by atoms with Crippen LogP contribution in [0.15, 0.2) is 18.2 Å². The lowest BCUT2D eigenvalue weighted by atomic mass is 10.2. The van der Waals surface area contributed by atoms with Gasteiger partial charge in [0.15, 0.2) is 5.82 Å². The van der Waals surface area contributed by atoms with Crippen LogP contribution in [-0.2, 0) is 11.3 Å². The van der Waals surface area contributed by atoms with E-state index in [1.165, 1.54) is 14.0 Å². The maximum atomic E-state index is 13.8. The monoisotopic (exact) mass is 294 g/mol. The van der Waals surface area contributed by atoms with E-state index in [2.05, 4.69) is 20.6 Å². The molecule has 1 heterocycles. The quantitative estimate of drug-likeness (QED) is 0.887. The van der Waals surface area contributed by atoms with Gasteiger partial charge in [0.25, 0.3) is 0 Å². The predicted molar refractivity (Wildman–Crippen MR) is 76.7 cm³/mol. The number of benzene rings is 1. The topological polar surface area (TPSA) is 59.1 Å². The Morgan fingerprint density at radius 3 is 2.48 bits per heavy atom. The molecule has 0 bridgehead atoms. The van der Waals surface area contributed by atoms with Crippen molar-refractivity contribution in [1.29, 1.82) is 0 Å². The Morgan fingerprint density at radius 2 is 1.81 bits per heavy atom. The van der Waals surface area contributed by atoms with Crippen LogP contribution in [0.2, 0.25) is 0 Å². The average Bonchev–Trinajstić information content (AvgIpc) is 2.45. The summed E-state index contributed by atoms with van der Waals surface area (Å²) in [5, 5.41) is 5.62. The summed E-state index contributed by atoms with van der Waals surface area (Å²) in [5.41, 5.74) is 0.263.